The standard InChI is InChI=1S/C49H54ClFN10O6S/c1-48(2)13-11-34(40(26-48)32-3-5-35(50)6-4-32)28-57-19-21-59(22-20-57)36-7-9-39(43(24-36)60-44-23-33-12-16-52-46(33)55-42(44)27-54-60)47(62)56-68(65,66)38-8-10-41(45(25-38)61(63)64)53-31-49(51)14-17-58(18-15-49)37-29-67-30-37/h3-10,12,16,23-25,27,37,53-54H,11,13-15,17-22,26,28-31H2,1-2H3,(H,56,62). The van der Waals surface area contributed by atoms with Crippen LogP contribution in [0.1, 0.15) is 61.9 Å². The Balaban J connectivity index is 0.885. The number of piperidine rings is 1. The van der Waals surface area contributed by atoms with E-state index in [0.717, 1.165) is 74.1 Å². The van der Waals surface area contributed by atoms with Crippen molar-refractivity contribution in [3.8, 4) is 5.69 Å². The SMILES string of the molecule is CC1(C)CCC(CN2CCN(c3ccc(C(=O)NS(=O)(=O)c4ccc(NCC5(F)CCN(C6COC6)CC5)c([N+](=O)[O-])c4)c(-n4[nH]cc5nc6nccc6cc54)c3)CC2)=C(c2ccc(Cl)cc2)C1. The summed E-state index contributed by atoms with van der Waals surface area (Å²) in [6, 6.07) is 20.7. The number of nitrogens with zero attached hydrogens (tertiary/aromatic N) is 7. The molecule has 0 atom stereocenters. The molecule has 3 aliphatic heterocycles. The van der Waals surface area contributed by atoms with Crippen molar-refractivity contribution in [2.75, 3.05) is 75.8 Å². The van der Waals surface area contributed by atoms with Gasteiger partial charge in [0.25, 0.3) is 21.6 Å². The van der Waals surface area contributed by atoms with Gasteiger partial charge in [0.05, 0.1) is 45.8 Å². The van der Waals surface area contributed by atoms with E-state index in [9.17, 15) is 23.3 Å². The Labute approximate surface area is 398 Å². The van der Waals surface area contributed by atoms with E-state index in [4.69, 9.17) is 16.3 Å². The van der Waals surface area contributed by atoms with Gasteiger partial charge in [-0.1, -0.05) is 43.2 Å². The maximum Gasteiger partial charge on any atom is 0.293 e. The number of halogens is 2. The number of hydrogen-bond acceptors (Lipinski definition) is 12. The molecule has 0 radical (unpaired) electrons. The molecular weight excluding hydrogens is 911 g/mol. The van der Waals surface area contributed by atoms with Gasteiger partial charge >= 0.3 is 0 Å². The molecule has 3 saturated heterocycles. The number of fused-ring (bicyclic) bond motifs is 2. The third-order valence-electron chi connectivity index (χ3n) is 14.2. The number of hydrogen-bond donors (Lipinski definition) is 3. The van der Waals surface area contributed by atoms with Crippen LogP contribution in [0.2, 0.25) is 5.02 Å². The van der Waals surface area contributed by atoms with E-state index in [-0.39, 0.29) is 36.1 Å². The lowest BCUT2D eigenvalue weighted by Gasteiger charge is -2.43. The molecule has 19 heteroatoms. The molecule has 3 fully saturated rings. The number of aromatic nitrogens is 4. The molecule has 3 N–H and O–H groups in total. The average Bonchev–Trinajstić information content (AvgIpc) is 3.95. The summed E-state index contributed by atoms with van der Waals surface area (Å²) < 4.78 is 52.9. The number of carbonyl (C=O) groups is 1. The Hall–Kier alpha value is -5.92. The van der Waals surface area contributed by atoms with Crippen LogP contribution in [0.4, 0.5) is 21.5 Å². The van der Waals surface area contributed by atoms with Gasteiger partial charge in [-0.3, -0.25) is 34.5 Å². The fourth-order valence-electron chi connectivity index (χ4n) is 9.98. The summed E-state index contributed by atoms with van der Waals surface area (Å²) in [6.45, 7) is 10.8. The van der Waals surface area contributed by atoms with Crippen LogP contribution < -0.4 is 14.9 Å². The first-order valence-corrected chi connectivity index (χ1v) is 25.0. The van der Waals surface area contributed by atoms with Crippen molar-refractivity contribution in [2.45, 2.75) is 62.6 Å². The summed E-state index contributed by atoms with van der Waals surface area (Å²) in [7, 11) is -4.66. The quantitative estimate of drug-likeness (QED) is 0.0751. The maximum absolute atomic E-state index is 15.9. The lowest BCUT2D eigenvalue weighted by molar-refractivity contribution is -0.384. The Morgan fingerprint density at radius 2 is 1.75 bits per heavy atom. The van der Waals surface area contributed by atoms with Gasteiger partial charge in [-0.15, -0.1) is 0 Å². The van der Waals surface area contributed by atoms with Crippen LogP contribution in [0, 0.1) is 15.5 Å². The van der Waals surface area contributed by atoms with E-state index in [2.05, 4.69) is 65.8 Å². The monoisotopic (exact) mass is 964 g/mol. The maximum atomic E-state index is 15.9. The third kappa shape index (κ3) is 9.44. The molecule has 6 heterocycles. The van der Waals surface area contributed by atoms with E-state index in [1.54, 1.807) is 23.1 Å². The first kappa shape index (κ1) is 45.8. The van der Waals surface area contributed by atoms with Crippen molar-refractivity contribution in [3.63, 3.8) is 0 Å². The van der Waals surface area contributed by atoms with Gasteiger partial charge < -0.3 is 15.0 Å². The fraction of sp³-hybridized carbons (Fsp3) is 0.408. The van der Waals surface area contributed by atoms with Gasteiger partial charge in [0, 0.05) is 86.9 Å². The molecule has 0 saturated carbocycles. The topological polar surface area (TPSA) is 184 Å². The van der Waals surface area contributed by atoms with Crippen molar-refractivity contribution < 1.29 is 27.3 Å². The highest BCUT2D eigenvalue weighted by atomic mass is 35.5. The number of nitro groups is 1. The smallest absolute Gasteiger partial charge is 0.293 e. The fourth-order valence-corrected chi connectivity index (χ4v) is 11.1. The number of nitrogens with one attached hydrogen (secondary N) is 3. The summed E-state index contributed by atoms with van der Waals surface area (Å²) in [4.78, 5) is 41.3. The molecule has 3 aromatic carbocycles. The number of piperazine rings is 1. The average molecular weight is 966 g/mol. The highest BCUT2D eigenvalue weighted by molar-refractivity contribution is 7.90. The van der Waals surface area contributed by atoms with Gasteiger partial charge in [0.2, 0.25) is 0 Å². The summed E-state index contributed by atoms with van der Waals surface area (Å²) in [5.74, 6) is -0.944. The number of aromatic amines is 1. The Bertz CT molecular complexity index is 3050. The predicted octanol–water partition coefficient (Wildman–Crippen LogP) is 7.98. The number of alkyl halides is 1. The van der Waals surface area contributed by atoms with E-state index in [0.29, 0.717) is 54.7 Å². The number of rotatable bonds is 13. The highest BCUT2D eigenvalue weighted by Gasteiger charge is 2.39. The number of pyridine rings is 1. The molecule has 0 bridgehead atoms. The number of amides is 1. The Morgan fingerprint density at radius 1 is 0.985 bits per heavy atom. The van der Waals surface area contributed by atoms with Crippen LogP contribution in [0.25, 0.3) is 33.3 Å². The number of benzene rings is 3. The van der Waals surface area contributed by atoms with E-state index >= 15 is 4.39 Å². The van der Waals surface area contributed by atoms with Crippen LogP contribution in [-0.2, 0) is 14.8 Å². The van der Waals surface area contributed by atoms with Crippen LogP contribution in [0.5, 0.6) is 0 Å². The first-order valence-electron chi connectivity index (χ1n) is 23.1. The van der Waals surface area contributed by atoms with Gasteiger partial charge in [-0.2, -0.15) is 0 Å². The van der Waals surface area contributed by atoms with Gasteiger partial charge in [-0.25, -0.2) is 27.5 Å². The summed E-state index contributed by atoms with van der Waals surface area (Å²) >= 11 is 6.26. The minimum absolute atomic E-state index is 0.0265. The molecule has 3 aromatic heterocycles. The van der Waals surface area contributed by atoms with Crippen LogP contribution in [0.3, 0.4) is 0 Å². The van der Waals surface area contributed by atoms with Crippen LogP contribution in [-0.4, -0.2) is 126 Å². The number of likely N-dealkylation sites (tertiary alicyclic amines) is 1. The molecule has 356 valence electrons. The number of allylic oxidation sites excluding steroid dienone is 1. The van der Waals surface area contributed by atoms with Crippen LogP contribution in [0.15, 0.2) is 95.7 Å². The zero-order valence-corrected chi connectivity index (χ0v) is 39.6. The number of nitro benzene ring substituents is 1. The second-order valence-electron chi connectivity index (χ2n) is 19.4. The van der Waals surface area contributed by atoms with Gasteiger partial charge in [0.15, 0.2) is 5.65 Å². The number of sulfonamides is 1. The normalized spacial score (nSPS) is 19.3. The number of ether oxygens (including phenoxy) is 1. The molecular formula is C49H54ClFN10O6S. The molecule has 0 spiro atoms. The molecule has 0 unspecified atom stereocenters. The van der Waals surface area contributed by atoms with Crippen molar-refractivity contribution in [1.82, 2.24) is 34.3 Å². The molecule has 1 aliphatic carbocycles. The molecule has 4 aliphatic rings. The zero-order valence-electron chi connectivity index (χ0n) is 38.0. The van der Waals surface area contributed by atoms with Crippen molar-refractivity contribution in [3.05, 3.63) is 117 Å². The number of carbonyl (C=O) groups excluding carboxylic acids is 1. The molecule has 10 rings (SSSR count). The molecule has 6 aromatic rings. The minimum atomic E-state index is -4.66. The number of anilines is 2. The molecule has 68 heavy (non-hydrogen) atoms. The summed E-state index contributed by atoms with van der Waals surface area (Å²) in [5, 5.41) is 19.9. The first-order chi connectivity index (χ1) is 32.6. The van der Waals surface area contributed by atoms with Crippen molar-refractivity contribution >= 4 is 72.2 Å². The Morgan fingerprint density at radius 3 is 2.47 bits per heavy atom. The lowest BCUT2D eigenvalue weighted by Crippen LogP contribution is -2.55. The lowest BCUT2D eigenvalue weighted by atomic mass is 9.72. The largest absolute Gasteiger partial charge is 0.378 e. The summed E-state index contributed by atoms with van der Waals surface area (Å²) in [5.41, 5.74) is 5.13. The van der Waals surface area contributed by atoms with E-state index < -0.39 is 37.1 Å². The van der Waals surface area contributed by atoms with Crippen molar-refractivity contribution in [2.24, 2.45) is 5.41 Å². The molecule has 16 nitrogen and oxygen atoms in total. The van der Waals surface area contributed by atoms with Gasteiger partial charge in [-0.05, 0) is 103 Å². The van der Waals surface area contributed by atoms with Crippen molar-refractivity contribution in [1.29, 1.82) is 0 Å². The highest BCUT2D eigenvalue weighted by Crippen LogP contribution is 2.43. The summed E-state index contributed by atoms with van der Waals surface area (Å²) in [6.07, 6.45) is 7.02. The second kappa shape index (κ2) is 18.2. The minimum Gasteiger partial charge on any atom is -0.378 e. The number of H-pyrrole nitrogens is 1. The third-order valence-corrected chi connectivity index (χ3v) is 15.8. The van der Waals surface area contributed by atoms with Gasteiger partial charge in [0.1, 0.15) is 16.9 Å². The van der Waals surface area contributed by atoms with E-state index in [1.165, 1.54) is 28.8 Å². The second-order valence-corrected chi connectivity index (χ2v) is 21.5. The predicted molar refractivity (Wildman–Crippen MR) is 261 cm³/mol. The Kier molecular flexibility index (Phi) is 12.3. The molecule has 1 amide bonds. The van der Waals surface area contributed by atoms with E-state index in [1.807, 2.05) is 36.4 Å². The zero-order chi connectivity index (χ0) is 47.4. The van der Waals surface area contributed by atoms with Crippen LogP contribution >= 0.6 is 11.6 Å².